The molecular formula is C14H24N2O. The van der Waals surface area contributed by atoms with Gasteiger partial charge in [-0.25, -0.2) is 0 Å². The third kappa shape index (κ3) is 3.37. The second-order valence-corrected chi connectivity index (χ2v) is 4.82. The first-order valence-corrected chi connectivity index (χ1v) is 6.32. The standard InChI is InChI=1S/C14H24N2O/c1-5-8-16(10(2)3)12-6-7-13(11(4)15)14(17)9-12/h6-7,9-11,17H,5,8,15H2,1-4H3. The van der Waals surface area contributed by atoms with Gasteiger partial charge in [-0.2, -0.15) is 0 Å². The van der Waals surface area contributed by atoms with Crippen molar-refractivity contribution in [1.82, 2.24) is 0 Å². The maximum atomic E-state index is 9.95. The van der Waals surface area contributed by atoms with Crippen molar-refractivity contribution in [2.24, 2.45) is 5.73 Å². The molecule has 17 heavy (non-hydrogen) atoms. The van der Waals surface area contributed by atoms with E-state index in [9.17, 15) is 5.11 Å². The first kappa shape index (κ1) is 13.8. The quantitative estimate of drug-likeness (QED) is 0.826. The van der Waals surface area contributed by atoms with Crippen molar-refractivity contribution in [3.05, 3.63) is 23.8 Å². The van der Waals surface area contributed by atoms with Crippen LogP contribution in [0.1, 0.15) is 45.7 Å². The van der Waals surface area contributed by atoms with Crippen molar-refractivity contribution >= 4 is 5.69 Å². The SMILES string of the molecule is CCCN(c1ccc(C(C)N)c(O)c1)C(C)C. The van der Waals surface area contributed by atoms with Crippen LogP contribution >= 0.6 is 0 Å². The van der Waals surface area contributed by atoms with Gasteiger partial charge in [-0.05, 0) is 33.3 Å². The Labute approximate surface area is 104 Å². The molecule has 1 unspecified atom stereocenters. The van der Waals surface area contributed by atoms with Crippen LogP contribution in [-0.4, -0.2) is 17.7 Å². The molecule has 0 saturated carbocycles. The van der Waals surface area contributed by atoms with Crippen molar-refractivity contribution in [1.29, 1.82) is 0 Å². The van der Waals surface area contributed by atoms with Crippen LogP contribution in [0.3, 0.4) is 0 Å². The highest BCUT2D eigenvalue weighted by Crippen LogP contribution is 2.29. The van der Waals surface area contributed by atoms with Crippen molar-refractivity contribution in [3.63, 3.8) is 0 Å². The Balaban J connectivity index is 3.02. The molecule has 96 valence electrons. The number of aromatic hydroxyl groups is 1. The second-order valence-electron chi connectivity index (χ2n) is 4.82. The van der Waals surface area contributed by atoms with Gasteiger partial charge in [-0.3, -0.25) is 0 Å². The average molecular weight is 236 g/mol. The number of hydrogen-bond acceptors (Lipinski definition) is 3. The smallest absolute Gasteiger partial charge is 0.122 e. The van der Waals surface area contributed by atoms with Gasteiger partial charge in [-0.15, -0.1) is 0 Å². The lowest BCUT2D eigenvalue weighted by Gasteiger charge is -2.29. The van der Waals surface area contributed by atoms with Gasteiger partial charge in [0.05, 0.1) is 0 Å². The van der Waals surface area contributed by atoms with Crippen LogP contribution in [0.4, 0.5) is 5.69 Å². The van der Waals surface area contributed by atoms with Crippen LogP contribution in [0, 0.1) is 0 Å². The molecule has 0 aliphatic carbocycles. The largest absolute Gasteiger partial charge is 0.508 e. The number of hydrogen-bond donors (Lipinski definition) is 2. The number of benzene rings is 1. The summed E-state index contributed by atoms with van der Waals surface area (Å²) in [6, 6.07) is 6.06. The molecule has 0 aliphatic rings. The van der Waals surface area contributed by atoms with E-state index in [1.807, 2.05) is 25.1 Å². The minimum absolute atomic E-state index is 0.136. The summed E-state index contributed by atoms with van der Waals surface area (Å²) in [5, 5.41) is 9.95. The molecule has 1 aromatic carbocycles. The Kier molecular flexibility index (Phi) is 4.82. The molecule has 0 radical (unpaired) electrons. The molecule has 0 spiro atoms. The minimum Gasteiger partial charge on any atom is -0.508 e. The van der Waals surface area contributed by atoms with E-state index in [1.54, 1.807) is 0 Å². The van der Waals surface area contributed by atoms with Crippen LogP contribution in [-0.2, 0) is 0 Å². The molecule has 3 heteroatoms. The van der Waals surface area contributed by atoms with E-state index in [0.717, 1.165) is 24.2 Å². The number of nitrogens with zero attached hydrogens (tertiary/aromatic N) is 1. The van der Waals surface area contributed by atoms with Crippen LogP contribution < -0.4 is 10.6 Å². The lowest BCUT2D eigenvalue weighted by atomic mass is 10.1. The minimum atomic E-state index is -0.136. The third-order valence-electron chi connectivity index (χ3n) is 2.92. The Morgan fingerprint density at radius 1 is 1.29 bits per heavy atom. The molecule has 0 bridgehead atoms. The average Bonchev–Trinajstić information content (AvgIpc) is 2.24. The van der Waals surface area contributed by atoms with Gasteiger partial charge in [-0.1, -0.05) is 13.0 Å². The van der Waals surface area contributed by atoms with Crippen molar-refractivity contribution in [2.75, 3.05) is 11.4 Å². The van der Waals surface area contributed by atoms with Crippen LogP contribution in [0.5, 0.6) is 5.75 Å². The second kappa shape index (κ2) is 5.92. The zero-order chi connectivity index (χ0) is 13.0. The number of nitrogens with two attached hydrogens (primary N) is 1. The fourth-order valence-electron chi connectivity index (χ4n) is 2.02. The molecule has 0 aromatic heterocycles. The molecule has 1 rings (SSSR count). The molecule has 3 nitrogen and oxygen atoms in total. The van der Waals surface area contributed by atoms with Gasteiger partial charge in [0.25, 0.3) is 0 Å². The highest BCUT2D eigenvalue weighted by Gasteiger charge is 2.13. The van der Waals surface area contributed by atoms with Gasteiger partial charge in [0.15, 0.2) is 0 Å². The van der Waals surface area contributed by atoms with Gasteiger partial charge >= 0.3 is 0 Å². The van der Waals surface area contributed by atoms with E-state index in [2.05, 4.69) is 25.7 Å². The van der Waals surface area contributed by atoms with Crippen LogP contribution in [0.25, 0.3) is 0 Å². The Hall–Kier alpha value is -1.22. The summed E-state index contributed by atoms with van der Waals surface area (Å²) in [4.78, 5) is 2.28. The molecule has 1 atom stereocenters. The maximum absolute atomic E-state index is 9.95. The Morgan fingerprint density at radius 3 is 2.35 bits per heavy atom. The lowest BCUT2D eigenvalue weighted by Crippen LogP contribution is -2.31. The van der Waals surface area contributed by atoms with E-state index < -0.39 is 0 Å². The molecule has 0 heterocycles. The van der Waals surface area contributed by atoms with Gasteiger partial charge < -0.3 is 15.7 Å². The predicted octanol–water partition coefficient (Wildman–Crippen LogP) is 3.04. The summed E-state index contributed by atoms with van der Waals surface area (Å²) in [6.45, 7) is 9.35. The fourth-order valence-corrected chi connectivity index (χ4v) is 2.02. The summed E-state index contributed by atoms with van der Waals surface area (Å²) in [7, 11) is 0. The number of phenolic OH excluding ortho intramolecular Hbond substituents is 1. The third-order valence-corrected chi connectivity index (χ3v) is 2.92. The van der Waals surface area contributed by atoms with E-state index in [0.29, 0.717) is 11.8 Å². The van der Waals surface area contributed by atoms with Gasteiger partial charge in [0.1, 0.15) is 5.75 Å². The van der Waals surface area contributed by atoms with E-state index in [-0.39, 0.29) is 6.04 Å². The predicted molar refractivity (Wildman–Crippen MR) is 73.5 cm³/mol. The number of phenols is 1. The first-order chi connectivity index (χ1) is 7.97. The van der Waals surface area contributed by atoms with Gasteiger partial charge in [0, 0.05) is 35.9 Å². The molecule has 1 aromatic rings. The molecule has 0 aliphatic heterocycles. The normalized spacial score (nSPS) is 12.8. The summed E-state index contributed by atoms with van der Waals surface area (Å²) in [5.74, 6) is 0.291. The zero-order valence-electron chi connectivity index (χ0n) is 11.3. The molecule has 0 amide bonds. The van der Waals surface area contributed by atoms with E-state index in [4.69, 9.17) is 5.73 Å². The fraction of sp³-hybridized carbons (Fsp3) is 0.571. The highest BCUT2D eigenvalue weighted by molar-refractivity contribution is 5.54. The molecule has 0 fully saturated rings. The summed E-state index contributed by atoms with van der Waals surface area (Å²) in [6.07, 6.45) is 1.09. The first-order valence-electron chi connectivity index (χ1n) is 6.32. The summed E-state index contributed by atoms with van der Waals surface area (Å²) in [5.41, 5.74) is 7.64. The van der Waals surface area contributed by atoms with Gasteiger partial charge in [0.2, 0.25) is 0 Å². The maximum Gasteiger partial charge on any atom is 0.122 e. The van der Waals surface area contributed by atoms with E-state index >= 15 is 0 Å². The molecule has 3 N–H and O–H groups in total. The lowest BCUT2D eigenvalue weighted by molar-refractivity contribution is 0.463. The molecule has 0 saturated heterocycles. The van der Waals surface area contributed by atoms with Crippen molar-refractivity contribution in [2.45, 2.75) is 46.2 Å². The Bertz CT molecular complexity index is 361. The topological polar surface area (TPSA) is 49.5 Å². The molecular weight excluding hydrogens is 212 g/mol. The van der Waals surface area contributed by atoms with Crippen molar-refractivity contribution < 1.29 is 5.11 Å². The summed E-state index contributed by atoms with van der Waals surface area (Å²) >= 11 is 0. The number of anilines is 1. The highest BCUT2D eigenvalue weighted by atomic mass is 16.3. The number of rotatable bonds is 5. The van der Waals surface area contributed by atoms with E-state index in [1.165, 1.54) is 0 Å². The monoisotopic (exact) mass is 236 g/mol. The summed E-state index contributed by atoms with van der Waals surface area (Å²) < 4.78 is 0. The zero-order valence-corrected chi connectivity index (χ0v) is 11.3. The Morgan fingerprint density at radius 2 is 1.94 bits per heavy atom. The van der Waals surface area contributed by atoms with Crippen molar-refractivity contribution in [3.8, 4) is 5.75 Å². The van der Waals surface area contributed by atoms with Crippen LogP contribution in [0.2, 0.25) is 0 Å². The van der Waals surface area contributed by atoms with Crippen LogP contribution in [0.15, 0.2) is 18.2 Å².